The predicted molar refractivity (Wildman–Crippen MR) is 91.4 cm³/mol. The van der Waals surface area contributed by atoms with Crippen LogP contribution in [0.2, 0.25) is 0 Å². The Hall–Kier alpha value is -2.14. The van der Waals surface area contributed by atoms with E-state index in [4.69, 9.17) is 4.74 Å². The molecule has 0 radical (unpaired) electrons. The van der Waals surface area contributed by atoms with E-state index >= 15 is 0 Å². The van der Waals surface area contributed by atoms with Crippen LogP contribution in [0.4, 0.5) is 0 Å². The van der Waals surface area contributed by atoms with Crippen LogP contribution < -0.4 is 10.1 Å². The van der Waals surface area contributed by atoms with Gasteiger partial charge in [0.2, 0.25) is 0 Å². The van der Waals surface area contributed by atoms with Crippen LogP contribution in [0.15, 0.2) is 30.3 Å². The Bertz CT molecular complexity index is 677. The van der Waals surface area contributed by atoms with E-state index in [1.807, 2.05) is 24.3 Å². The van der Waals surface area contributed by atoms with Crippen molar-refractivity contribution in [3.8, 4) is 5.75 Å². The van der Waals surface area contributed by atoms with Crippen LogP contribution in [0.1, 0.15) is 43.0 Å². The first-order valence-electron chi connectivity index (χ1n) is 8.24. The molecule has 5 nitrogen and oxygen atoms in total. The van der Waals surface area contributed by atoms with Crippen LogP contribution in [-0.4, -0.2) is 28.4 Å². The smallest absolute Gasteiger partial charge is 0.149 e. The minimum absolute atomic E-state index is 0.191. The maximum atomic E-state index is 5.35. The molecule has 1 unspecified atom stereocenters. The Balaban J connectivity index is 1.58. The van der Waals surface area contributed by atoms with Gasteiger partial charge in [-0.1, -0.05) is 30.4 Å². The van der Waals surface area contributed by atoms with Gasteiger partial charge in [-0.15, -0.1) is 10.2 Å². The Labute approximate surface area is 137 Å². The first-order chi connectivity index (χ1) is 11.3. The van der Waals surface area contributed by atoms with Crippen molar-refractivity contribution >= 4 is 6.08 Å². The Morgan fingerprint density at radius 2 is 2.17 bits per heavy atom. The molecule has 1 aromatic heterocycles. The lowest BCUT2D eigenvalue weighted by molar-refractivity contribution is 0.414. The summed E-state index contributed by atoms with van der Waals surface area (Å²) >= 11 is 0. The lowest BCUT2D eigenvalue weighted by atomic mass is 10.1. The lowest BCUT2D eigenvalue weighted by Crippen LogP contribution is -2.23. The van der Waals surface area contributed by atoms with Crippen molar-refractivity contribution in [2.75, 3.05) is 13.7 Å². The van der Waals surface area contributed by atoms with Crippen molar-refractivity contribution in [3.05, 3.63) is 47.6 Å². The molecule has 1 atom stereocenters. The van der Waals surface area contributed by atoms with Crippen molar-refractivity contribution in [2.24, 2.45) is 0 Å². The van der Waals surface area contributed by atoms with Gasteiger partial charge < -0.3 is 14.6 Å². The molecule has 0 fully saturated rings. The molecule has 0 amide bonds. The standard InChI is InChI=1S/C18H24N4O/c1-14(18-21-20-17-11-5-6-13-22(17)18)19-12-7-9-15-8-3-4-10-16(15)23-2/h3-4,7-10,14,19H,5-6,11-13H2,1-2H3. The summed E-state index contributed by atoms with van der Waals surface area (Å²) < 4.78 is 7.62. The van der Waals surface area contributed by atoms with Gasteiger partial charge in [0, 0.05) is 25.1 Å². The normalized spacial score (nSPS) is 15.6. The summed E-state index contributed by atoms with van der Waals surface area (Å²) in [5.41, 5.74) is 1.09. The fraction of sp³-hybridized carbons (Fsp3) is 0.444. The summed E-state index contributed by atoms with van der Waals surface area (Å²) in [5.74, 6) is 3.07. The van der Waals surface area contributed by atoms with E-state index in [0.29, 0.717) is 0 Å². The Morgan fingerprint density at radius 1 is 1.30 bits per heavy atom. The van der Waals surface area contributed by atoms with Gasteiger partial charge in [-0.3, -0.25) is 0 Å². The Kier molecular flexibility index (Phi) is 5.08. The number of aromatic nitrogens is 3. The number of para-hydroxylation sites is 1. The molecule has 0 saturated carbocycles. The zero-order chi connectivity index (χ0) is 16.1. The van der Waals surface area contributed by atoms with Crippen LogP contribution in [0.25, 0.3) is 6.08 Å². The van der Waals surface area contributed by atoms with Gasteiger partial charge in [-0.05, 0) is 25.8 Å². The molecule has 0 bridgehead atoms. The number of rotatable bonds is 6. The van der Waals surface area contributed by atoms with Gasteiger partial charge in [0.15, 0.2) is 0 Å². The van der Waals surface area contributed by atoms with Crippen molar-refractivity contribution < 1.29 is 4.74 Å². The van der Waals surface area contributed by atoms with E-state index in [1.54, 1.807) is 7.11 Å². The second kappa shape index (κ2) is 7.42. The fourth-order valence-electron chi connectivity index (χ4n) is 2.98. The van der Waals surface area contributed by atoms with Crippen molar-refractivity contribution in [1.29, 1.82) is 0 Å². The maximum Gasteiger partial charge on any atom is 0.149 e. The SMILES string of the molecule is COc1ccccc1C=CCNC(C)c1nnc2n1CCCC2. The molecule has 1 N–H and O–H groups in total. The third-order valence-electron chi connectivity index (χ3n) is 4.25. The van der Waals surface area contributed by atoms with E-state index in [-0.39, 0.29) is 6.04 Å². The molecule has 1 aliphatic rings. The molecule has 23 heavy (non-hydrogen) atoms. The minimum atomic E-state index is 0.191. The molecule has 5 heteroatoms. The van der Waals surface area contributed by atoms with Gasteiger partial charge in [0.25, 0.3) is 0 Å². The summed E-state index contributed by atoms with van der Waals surface area (Å²) in [4.78, 5) is 0. The molecule has 0 aliphatic carbocycles. The number of nitrogens with one attached hydrogen (secondary N) is 1. The molecule has 2 heterocycles. The average molecular weight is 312 g/mol. The molecule has 2 aromatic rings. The number of ether oxygens (including phenoxy) is 1. The van der Waals surface area contributed by atoms with Gasteiger partial charge in [-0.25, -0.2) is 0 Å². The third-order valence-corrected chi connectivity index (χ3v) is 4.25. The Morgan fingerprint density at radius 3 is 3.04 bits per heavy atom. The van der Waals surface area contributed by atoms with Gasteiger partial charge in [0.05, 0.1) is 13.2 Å². The lowest BCUT2D eigenvalue weighted by Gasteiger charge is -2.18. The van der Waals surface area contributed by atoms with Crippen LogP contribution in [0.5, 0.6) is 5.75 Å². The monoisotopic (exact) mass is 312 g/mol. The number of hydrogen-bond acceptors (Lipinski definition) is 4. The number of fused-ring (bicyclic) bond motifs is 1. The first-order valence-corrected chi connectivity index (χ1v) is 8.24. The molecule has 0 spiro atoms. The van der Waals surface area contributed by atoms with E-state index in [2.05, 4.69) is 39.2 Å². The highest BCUT2D eigenvalue weighted by Gasteiger charge is 2.19. The number of nitrogens with zero attached hydrogens (tertiary/aromatic N) is 3. The third kappa shape index (κ3) is 3.62. The van der Waals surface area contributed by atoms with Gasteiger partial charge in [-0.2, -0.15) is 0 Å². The van der Waals surface area contributed by atoms with Crippen LogP contribution in [-0.2, 0) is 13.0 Å². The molecular weight excluding hydrogens is 288 g/mol. The minimum Gasteiger partial charge on any atom is -0.496 e. The van der Waals surface area contributed by atoms with Crippen LogP contribution >= 0.6 is 0 Å². The van der Waals surface area contributed by atoms with Crippen LogP contribution in [0.3, 0.4) is 0 Å². The molecule has 0 saturated heterocycles. The molecule has 1 aromatic carbocycles. The molecular formula is C18H24N4O. The van der Waals surface area contributed by atoms with E-state index in [0.717, 1.165) is 42.5 Å². The highest BCUT2D eigenvalue weighted by Crippen LogP contribution is 2.20. The highest BCUT2D eigenvalue weighted by atomic mass is 16.5. The van der Waals surface area contributed by atoms with Gasteiger partial charge >= 0.3 is 0 Å². The zero-order valence-electron chi connectivity index (χ0n) is 13.8. The summed E-state index contributed by atoms with van der Waals surface area (Å²) in [7, 11) is 1.70. The van der Waals surface area contributed by atoms with Crippen LogP contribution in [0, 0.1) is 0 Å². The van der Waals surface area contributed by atoms with E-state index in [9.17, 15) is 0 Å². The molecule has 1 aliphatic heterocycles. The topological polar surface area (TPSA) is 52.0 Å². The fourth-order valence-corrected chi connectivity index (χ4v) is 2.98. The van der Waals surface area contributed by atoms with Crippen molar-refractivity contribution in [1.82, 2.24) is 20.1 Å². The van der Waals surface area contributed by atoms with Gasteiger partial charge in [0.1, 0.15) is 17.4 Å². The second-order valence-corrected chi connectivity index (χ2v) is 5.86. The number of hydrogen-bond donors (Lipinski definition) is 1. The summed E-state index contributed by atoms with van der Waals surface area (Å²) in [6.45, 7) is 3.96. The van der Waals surface area contributed by atoms with E-state index < -0.39 is 0 Å². The number of aryl methyl sites for hydroxylation is 1. The maximum absolute atomic E-state index is 5.35. The predicted octanol–water partition coefficient (Wildman–Crippen LogP) is 2.99. The van der Waals surface area contributed by atoms with Crippen molar-refractivity contribution in [3.63, 3.8) is 0 Å². The largest absolute Gasteiger partial charge is 0.496 e. The zero-order valence-corrected chi connectivity index (χ0v) is 13.8. The second-order valence-electron chi connectivity index (χ2n) is 5.86. The summed E-state index contributed by atoms with van der Waals surface area (Å²) in [6, 6.07) is 8.20. The quantitative estimate of drug-likeness (QED) is 0.891. The summed E-state index contributed by atoms with van der Waals surface area (Å²) in [6.07, 6.45) is 7.69. The average Bonchev–Trinajstić information content (AvgIpc) is 3.03. The van der Waals surface area contributed by atoms with Crippen molar-refractivity contribution in [2.45, 2.75) is 38.8 Å². The summed E-state index contributed by atoms with van der Waals surface area (Å²) in [5, 5.41) is 12.2. The molecule has 3 rings (SSSR count). The number of methoxy groups -OCH3 is 1. The number of benzene rings is 1. The highest BCUT2D eigenvalue weighted by molar-refractivity contribution is 5.57. The van der Waals surface area contributed by atoms with E-state index in [1.165, 1.54) is 12.8 Å². The first kappa shape index (κ1) is 15.7. The molecule has 122 valence electrons.